The number of anilines is 1. The van der Waals surface area contributed by atoms with Crippen molar-refractivity contribution < 1.29 is 19.1 Å². The van der Waals surface area contributed by atoms with Crippen LogP contribution < -0.4 is 4.90 Å². The molecule has 0 aromatic heterocycles. The molecule has 0 atom stereocenters. The van der Waals surface area contributed by atoms with Crippen LogP contribution in [0.1, 0.15) is 38.5 Å². The number of carboxylic acids is 1. The Kier molecular flexibility index (Phi) is 6.70. The van der Waals surface area contributed by atoms with Gasteiger partial charge in [-0.15, -0.1) is 0 Å². The third kappa shape index (κ3) is 5.82. The summed E-state index contributed by atoms with van der Waals surface area (Å²) in [6, 6.07) is 5.79. The van der Waals surface area contributed by atoms with Gasteiger partial charge in [-0.05, 0) is 37.1 Å². The minimum atomic E-state index is -0.780. The molecule has 0 fully saturated rings. The van der Waals surface area contributed by atoms with Gasteiger partial charge in [0.2, 0.25) is 5.91 Å². The van der Waals surface area contributed by atoms with Crippen LogP contribution >= 0.6 is 0 Å². The highest BCUT2D eigenvalue weighted by atomic mass is 19.1. The van der Waals surface area contributed by atoms with Crippen LogP contribution in [0.2, 0.25) is 0 Å². The first kappa shape index (κ1) is 16.1. The number of amides is 1. The summed E-state index contributed by atoms with van der Waals surface area (Å²) in [6.07, 6.45) is 3.65. The van der Waals surface area contributed by atoms with Gasteiger partial charge in [-0.25, -0.2) is 4.39 Å². The lowest BCUT2D eigenvalue weighted by molar-refractivity contribution is -0.137. The van der Waals surface area contributed by atoms with E-state index < -0.39 is 5.97 Å². The molecule has 0 spiro atoms. The van der Waals surface area contributed by atoms with Crippen molar-refractivity contribution in [2.75, 3.05) is 11.9 Å². The zero-order valence-corrected chi connectivity index (χ0v) is 11.6. The van der Waals surface area contributed by atoms with Crippen molar-refractivity contribution >= 4 is 17.6 Å². The topological polar surface area (TPSA) is 57.6 Å². The molecule has 1 N–H and O–H groups in total. The maximum absolute atomic E-state index is 12.8. The summed E-state index contributed by atoms with van der Waals surface area (Å²) in [4.78, 5) is 23.7. The highest BCUT2D eigenvalue weighted by Crippen LogP contribution is 2.15. The number of hydrogen-bond acceptors (Lipinski definition) is 2. The summed E-state index contributed by atoms with van der Waals surface area (Å²) in [5.41, 5.74) is 0.669. The molecule has 1 aromatic carbocycles. The fraction of sp³-hybridized carbons (Fsp3) is 0.467. The summed E-state index contributed by atoms with van der Waals surface area (Å²) in [7, 11) is 1.67. The van der Waals surface area contributed by atoms with E-state index in [1.165, 1.54) is 17.0 Å². The first-order valence-corrected chi connectivity index (χ1v) is 6.74. The first-order valence-electron chi connectivity index (χ1n) is 6.74. The van der Waals surface area contributed by atoms with Crippen LogP contribution in [0, 0.1) is 5.82 Å². The minimum absolute atomic E-state index is 0.0187. The predicted octanol–water partition coefficient (Wildman–Crippen LogP) is 3.21. The third-order valence-corrected chi connectivity index (χ3v) is 3.12. The molecule has 0 unspecified atom stereocenters. The van der Waals surface area contributed by atoms with Gasteiger partial charge in [0.25, 0.3) is 0 Å². The number of carboxylic acid groups (broad SMARTS) is 1. The van der Waals surface area contributed by atoms with E-state index in [1.807, 2.05) is 0 Å². The molecular formula is C15H20FNO3. The molecule has 0 bridgehead atoms. The standard InChI is InChI=1S/C15H20FNO3/c1-17(13-10-8-12(16)9-11-13)14(18)6-4-2-3-5-7-15(19)20/h8-11H,2-7H2,1H3,(H,19,20). The van der Waals surface area contributed by atoms with E-state index in [0.717, 1.165) is 19.3 Å². The molecule has 5 heteroatoms. The Labute approximate surface area is 118 Å². The van der Waals surface area contributed by atoms with Gasteiger partial charge in [0.05, 0.1) is 0 Å². The predicted molar refractivity (Wildman–Crippen MR) is 75.1 cm³/mol. The number of carbonyl (C=O) groups is 2. The number of unbranched alkanes of at least 4 members (excludes halogenated alkanes) is 3. The van der Waals surface area contributed by atoms with Crippen LogP contribution in [-0.4, -0.2) is 24.0 Å². The number of halogens is 1. The highest BCUT2D eigenvalue weighted by molar-refractivity contribution is 5.92. The molecule has 0 heterocycles. The Morgan fingerprint density at radius 2 is 1.60 bits per heavy atom. The van der Waals surface area contributed by atoms with Crippen LogP contribution in [0.4, 0.5) is 10.1 Å². The van der Waals surface area contributed by atoms with Gasteiger partial charge in [0, 0.05) is 25.6 Å². The maximum atomic E-state index is 12.8. The largest absolute Gasteiger partial charge is 0.481 e. The quantitative estimate of drug-likeness (QED) is 0.744. The molecule has 0 aliphatic rings. The molecular weight excluding hydrogens is 261 g/mol. The van der Waals surface area contributed by atoms with Gasteiger partial charge < -0.3 is 10.0 Å². The zero-order chi connectivity index (χ0) is 15.0. The maximum Gasteiger partial charge on any atom is 0.303 e. The normalized spacial score (nSPS) is 10.3. The Hall–Kier alpha value is -1.91. The van der Waals surface area contributed by atoms with Crippen molar-refractivity contribution in [1.82, 2.24) is 0 Å². The molecule has 0 saturated carbocycles. The van der Waals surface area contributed by atoms with Crippen molar-refractivity contribution in [2.24, 2.45) is 0 Å². The second kappa shape index (κ2) is 8.30. The van der Waals surface area contributed by atoms with Crippen molar-refractivity contribution in [1.29, 1.82) is 0 Å². The minimum Gasteiger partial charge on any atom is -0.481 e. The second-order valence-electron chi connectivity index (χ2n) is 4.74. The number of aliphatic carboxylic acids is 1. The van der Waals surface area contributed by atoms with E-state index in [2.05, 4.69) is 0 Å². The lowest BCUT2D eigenvalue weighted by Gasteiger charge is -2.17. The van der Waals surface area contributed by atoms with Gasteiger partial charge >= 0.3 is 5.97 Å². The van der Waals surface area contributed by atoms with Crippen LogP contribution in [0.3, 0.4) is 0 Å². The van der Waals surface area contributed by atoms with Crippen LogP contribution in [0.5, 0.6) is 0 Å². The molecule has 110 valence electrons. The molecule has 0 aliphatic carbocycles. The number of rotatable bonds is 8. The SMILES string of the molecule is CN(C(=O)CCCCCCC(=O)O)c1ccc(F)cc1. The van der Waals surface area contributed by atoms with E-state index >= 15 is 0 Å². The third-order valence-electron chi connectivity index (χ3n) is 3.12. The first-order chi connectivity index (χ1) is 9.50. The second-order valence-corrected chi connectivity index (χ2v) is 4.74. The Morgan fingerprint density at radius 3 is 2.15 bits per heavy atom. The van der Waals surface area contributed by atoms with E-state index in [0.29, 0.717) is 18.5 Å². The lowest BCUT2D eigenvalue weighted by atomic mass is 10.1. The Morgan fingerprint density at radius 1 is 1.05 bits per heavy atom. The highest BCUT2D eigenvalue weighted by Gasteiger charge is 2.10. The van der Waals surface area contributed by atoms with E-state index in [9.17, 15) is 14.0 Å². The molecule has 1 rings (SSSR count). The molecule has 0 aliphatic heterocycles. The Balaban J connectivity index is 2.25. The van der Waals surface area contributed by atoms with Crippen molar-refractivity contribution in [3.05, 3.63) is 30.1 Å². The summed E-state index contributed by atoms with van der Waals surface area (Å²) in [5, 5.41) is 8.49. The summed E-state index contributed by atoms with van der Waals surface area (Å²) < 4.78 is 12.8. The van der Waals surface area contributed by atoms with E-state index in [-0.39, 0.29) is 18.1 Å². The zero-order valence-electron chi connectivity index (χ0n) is 11.6. The molecule has 0 radical (unpaired) electrons. The lowest BCUT2D eigenvalue weighted by Crippen LogP contribution is -2.25. The number of carbonyl (C=O) groups excluding carboxylic acids is 1. The van der Waals surface area contributed by atoms with Gasteiger partial charge in [0.15, 0.2) is 0 Å². The summed E-state index contributed by atoms with van der Waals surface area (Å²) in [6.45, 7) is 0. The fourth-order valence-corrected chi connectivity index (χ4v) is 1.88. The number of benzene rings is 1. The van der Waals surface area contributed by atoms with Crippen LogP contribution in [0.25, 0.3) is 0 Å². The van der Waals surface area contributed by atoms with Crippen molar-refractivity contribution in [2.45, 2.75) is 38.5 Å². The van der Waals surface area contributed by atoms with Crippen LogP contribution in [0.15, 0.2) is 24.3 Å². The summed E-state index contributed by atoms with van der Waals surface area (Å²) >= 11 is 0. The average molecular weight is 281 g/mol. The fourth-order valence-electron chi connectivity index (χ4n) is 1.88. The van der Waals surface area contributed by atoms with Crippen molar-refractivity contribution in [3.63, 3.8) is 0 Å². The Bertz CT molecular complexity index is 445. The van der Waals surface area contributed by atoms with Gasteiger partial charge in [-0.3, -0.25) is 9.59 Å². The molecule has 1 amide bonds. The monoisotopic (exact) mass is 281 g/mol. The smallest absolute Gasteiger partial charge is 0.303 e. The van der Waals surface area contributed by atoms with Gasteiger partial charge in [0.1, 0.15) is 5.82 Å². The van der Waals surface area contributed by atoms with E-state index in [4.69, 9.17) is 5.11 Å². The molecule has 4 nitrogen and oxygen atoms in total. The van der Waals surface area contributed by atoms with Crippen molar-refractivity contribution in [3.8, 4) is 0 Å². The van der Waals surface area contributed by atoms with Crippen LogP contribution in [-0.2, 0) is 9.59 Å². The summed E-state index contributed by atoms with van der Waals surface area (Å²) in [5.74, 6) is -1.13. The van der Waals surface area contributed by atoms with E-state index in [1.54, 1.807) is 19.2 Å². The number of hydrogen-bond donors (Lipinski definition) is 1. The molecule has 20 heavy (non-hydrogen) atoms. The van der Waals surface area contributed by atoms with Gasteiger partial charge in [-0.1, -0.05) is 12.8 Å². The number of nitrogens with zero attached hydrogens (tertiary/aromatic N) is 1. The van der Waals surface area contributed by atoms with Gasteiger partial charge in [-0.2, -0.15) is 0 Å². The molecule has 0 saturated heterocycles. The average Bonchev–Trinajstić information content (AvgIpc) is 2.42. The molecule has 1 aromatic rings.